The Kier molecular flexibility index (Phi) is 5.82. The summed E-state index contributed by atoms with van der Waals surface area (Å²) in [7, 11) is 1.50. The SMILES string of the molecule is COc1ccc(NC(=O)COC(=O)/C=C/c2ccco2)cc1Cl. The van der Waals surface area contributed by atoms with Gasteiger partial charge < -0.3 is 19.2 Å². The molecular formula is C16H14ClNO5. The first-order valence-electron chi connectivity index (χ1n) is 6.60. The summed E-state index contributed by atoms with van der Waals surface area (Å²) in [6.07, 6.45) is 4.11. The fourth-order valence-corrected chi connectivity index (χ4v) is 1.92. The summed E-state index contributed by atoms with van der Waals surface area (Å²) < 4.78 is 14.8. The van der Waals surface area contributed by atoms with E-state index < -0.39 is 18.5 Å². The summed E-state index contributed by atoms with van der Waals surface area (Å²) in [5, 5.41) is 2.92. The number of amides is 1. The van der Waals surface area contributed by atoms with Gasteiger partial charge >= 0.3 is 5.97 Å². The lowest BCUT2D eigenvalue weighted by Crippen LogP contribution is -2.20. The van der Waals surface area contributed by atoms with Gasteiger partial charge in [0.05, 0.1) is 18.4 Å². The second-order valence-corrected chi connectivity index (χ2v) is 4.76. The molecule has 0 aliphatic heterocycles. The standard InChI is InChI=1S/C16H14ClNO5/c1-21-14-6-4-11(9-13(14)17)18-15(19)10-23-16(20)7-5-12-3-2-8-22-12/h2-9H,10H2,1H3,(H,18,19)/b7-5+. The average Bonchev–Trinajstić information content (AvgIpc) is 3.04. The lowest BCUT2D eigenvalue weighted by molar-refractivity contribution is -0.142. The molecule has 0 bridgehead atoms. The van der Waals surface area contributed by atoms with E-state index in [1.807, 2.05) is 0 Å². The third-order valence-electron chi connectivity index (χ3n) is 2.71. The predicted molar refractivity (Wildman–Crippen MR) is 85.3 cm³/mol. The second kappa shape index (κ2) is 8.05. The molecule has 1 amide bonds. The highest BCUT2D eigenvalue weighted by Crippen LogP contribution is 2.27. The fourth-order valence-electron chi connectivity index (χ4n) is 1.66. The molecule has 0 aliphatic rings. The second-order valence-electron chi connectivity index (χ2n) is 4.35. The molecule has 7 heteroatoms. The van der Waals surface area contributed by atoms with Crippen molar-refractivity contribution in [3.05, 3.63) is 53.5 Å². The van der Waals surface area contributed by atoms with Gasteiger partial charge in [-0.2, -0.15) is 0 Å². The Bertz CT molecular complexity index is 709. The molecule has 2 rings (SSSR count). The number of ether oxygens (including phenoxy) is 2. The number of esters is 1. The first-order chi connectivity index (χ1) is 11.1. The number of carbonyl (C=O) groups excluding carboxylic acids is 2. The number of hydrogen-bond acceptors (Lipinski definition) is 5. The Hall–Kier alpha value is -2.73. The van der Waals surface area contributed by atoms with Gasteiger partial charge in [-0.15, -0.1) is 0 Å². The molecule has 0 spiro atoms. The summed E-state index contributed by atoms with van der Waals surface area (Å²) in [6, 6.07) is 8.16. The Morgan fingerprint density at radius 2 is 2.17 bits per heavy atom. The summed E-state index contributed by atoms with van der Waals surface area (Å²) >= 11 is 5.95. The Morgan fingerprint density at radius 3 is 2.83 bits per heavy atom. The number of carbonyl (C=O) groups is 2. The van der Waals surface area contributed by atoms with Crippen LogP contribution in [-0.4, -0.2) is 25.6 Å². The first-order valence-corrected chi connectivity index (χ1v) is 6.98. The van der Waals surface area contributed by atoms with Gasteiger partial charge in [0.25, 0.3) is 5.91 Å². The van der Waals surface area contributed by atoms with E-state index in [1.165, 1.54) is 31.6 Å². The van der Waals surface area contributed by atoms with Crippen molar-refractivity contribution in [3.63, 3.8) is 0 Å². The largest absolute Gasteiger partial charge is 0.495 e. The topological polar surface area (TPSA) is 77.8 Å². The van der Waals surface area contributed by atoms with Crippen molar-refractivity contribution in [1.82, 2.24) is 0 Å². The lowest BCUT2D eigenvalue weighted by Gasteiger charge is -2.08. The molecule has 2 aromatic rings. The van der Waals surface area contributed by atoms with E-state index in [4.69, 9.17) is 25.5 Å². The molecule has 1 heterocycles. The number of methoxy groups -OCH3 is 1. The molecular weight excluding hydrogens is 322 g/mol. The molecule has 0 fully saturated rings. The van der Waals surface area contributed by atoms with E-state index in [0.717, 1.165) is 0 Å². The number of rotatable bonds is 6. The van der Waals surface area contributed by atoms with E-state index >= 15 is 0 Å². The lowest BCUT2D eigenvalue weighted by atomic mass is 10.3. The summed E-state index contributed by atoms with van der Waals surface area (Å²) in [5.74, 6) is -0.117. The molecule has 1 N–H and O–H groups in total. The van der Waals surface area contributed by atoms with Crippen molar-refractivity contribution < 1.29 is 23.5 Å². The summed E-state index contributed by atoms with van der Waals surface area (Å²) in [5.41, 5.74) is 0.475. The smallest absolute Gasteiger partial charge is 0.331 e. The molecule has 0 unspecified atom stereocenters. The van der Waals surface area contributed by atoms with Crippen LogP contribution in [0.2, 0.25) is 5.02 Å². The highest BCUT2D eigenvalue weighted by atomic mass is 35.5. The van der Waals surface area contributed by atoms with Crippen molar-refractivity contribution in [2.75, 3.05) is 19.0 Å². The van der Waals surface area contributed by atoms with Crippen molar-refractivity contribution in [2.45, 2.75) is 0 Å². The maximum atomic E-state index is 11.7. The molecule has 0 aliphatic carbocycles. The maximum Gasteiger partial charge on any atom is 0.331 e. The van der Waals surface area contributed by atoms with Crippen LogP contribution in [0.1, 0.15) is 5.76 Å². The number of anilines is 1. The monoisotopic (exact) mass is 335 g/mol. The number of halogens is 1. The van der Waals surface area contributed by atoms with Crippen molar-refractivity contribution in [3.8, 4) is 5.75 Å². The van der Waals surface area contributed by atoms with Crippen LogP contribution in [0.4, 0.5) is 5.69 Å². The molecule has 0 saturated carbocycles. The molecule has 0 atom stereocenters. The molecule has 1 aromatic carbocycles. The van der Waals surface area contributed by atoms with Crippen LogP contribution < -0.4 is 10.1 Å². The van der Waals surface area contributed by atoms with Crippen LogP contribution >= 0.6 is 11.6 Å². The third-order valence-corrected chi connectivity index (χ3v) is 3.00. The van der Waals surface area contributed by atoms with Crippen LogP contribution in [0.15, 0.2) is 47.1 Å². The van der Waals surface area contributed by atoms with Crippen molar-refractivity contribution in [2.24, 2.45) is 0 Å². The number of nitrogens with one attached hydrogen (secondary N) is 1. The van der Waals surface area contributed by atoms with Crippen LogP contribution in [0.25, 0.3) is 6.08 Å². The van der Waals surface area contributed by atoms with Crippen LogP contribution in [0.5, 0.6) is 5.75 Å². The van der Waals surface area contributed by atoms with Crippen molar-refractivity contribution >= 4 is 35.2 Å². The number of hydrogen-bond donors (Lipinski definition) is 1. The van der Waals surface area contributed by atoms with Gasteiger partial charge in [-0.05, 0) is 36.4 Å². The van der Waals surface area contributed by atoms with E-state index in [0.29, 0.717) is 22.2 Å². The van der Waals surface area contributed by atoms with Gasteiger partial charge in [0.1, 0.15) is 11.5 Å². The highest BCUT2D eigenvalue weighted by Gasteiger charge is 2.08. The van der Waals surface area contributed by atoms with Gasteiger partial charge in [0.15, 0.2) is 6.61 Å². The molecule has 23 heavy (non-hydrogen) atoms. The van der Waals surface area contributed by atoms with E-state index in [9.17, 15) is 9.59 Å². The quantitative estimate of drug-likeness (QED) is 0.648. The van der Waals surface area contributed by atoms with Gasteiger partial charge in [0.2, 0.25) is 0 Å². The third kappa shape index (κ3) is 5.19. The Morgan fingerprint density at radius 1 is 1.35 bits per heavy atom. The van der Waals surface area contributed by atoms with Gasteiger partial charge in [-0.3, -0.25) is 4.79 Å². The molecule has 1 aromatic heterocycles. The first kappa shape index (κ1) is 16.6. The predicted octanol–water partition coefficient (Wildman–Crippen LogP) is 3.14. The van der Waals surface area contributed by atoms with Gasteiger partial charge in [-0.25, -0.2) is 4.79 Å². The van der Waals surface area contributed by atoms with E-state index in [1.54, 1.807) is 24.3 Å². The number of furan rings is 1. The Labute approximate surface area is 137 Å². The highest BCUT2D eigenvalue weighted by molar-refractivity contribution is 6.32. The summed E-state index contributed by atoms with van der Waals surface area (Å²) in [6.45, 7) is -0.412. The zero-order chi connectivity index (χ0) is 16.7. The van der Waals surface area contributed by atoms with E-state index in [-0.39, 0.29) is 0 Å². The van der Waals surface area contributed by atoms with Gasteiger partial charge in [0, 0.05) is 11.8 Å². The van der Waals surface area contributed by atoms with Crippen LogP contribution in [0.3, 0.4) is 0 Å². The molecule has 120 valence electrons. The summed E-state index contributed by atoms with van der Waals surface area (Å²) in [4.78, 5) is 23.2. The fraction of sp³-hybridized carbons (Fsp3) is 0.125. The minimum absolute atomic E-state index is 0.365. The van der Waals surface area contributed by atoms with Crippen LogP contribution in [-0.2, 0) is 14.3 Å². The average molecular weight is 336 g/mol. The minimum atomic E-state index is -0.649. The zero-order valence-corrected chi connectivity index (χ0v) is 13.0. The Balaban J connectivity index is 1.80. The van der Waals surface area contributed by atoms with Crippen molar-refractivity contribution in [1.29, 1.82) is 0 Å². The molecule has 0 radical (unpaired) electrons. The van der Waals surface area contributed by atoms with E-state index in [2.05, 4.69) is 5.32 Å². The minimum Gasteiger partial charge on any atom is -0.495 e. The maximum absolute atomic E-state index is 11.7. The molecule has 0 saturated heterocycles. The molecule has 6 nitrogen and oxygen atoms in total. The number of benzene rings is 1. The normalized spacial score (nSPS) is 10.5. The van der Waals surface area contributed by atoms with Crippen LogP contribution in [0, 0.1) is 0 Å². The zero-order valence-electron chi connectivity index (χ0n) is 12.2. The van der Waals surface area contributed by atoms with Gasteiger partial charge in [-0.1, -0.05) is 11.6 Å².